The van der Waals surface area contributed by atoms with Crippen LogP contribution in [0, 0.1) is 0 Å². The molecule has 0 bridgehead atoms. The smallest absolute Gasteiger partial charge is 0.387 e. The first-order valence-electron chi connectivity index (χ1n) is 5.66. The molecule has 0 fully saturated rings. The summed E-state index contributed by atoms with van der Waals surface area (Å²) in [7, 11) is 1.57. The van der Waals surface area contributed by atoms with E-state index in [2.05, 4.69) is 15.4 Å². The number of alkyl halides is 2. The van der Waals surface area contributed by atoms with Gasteiger partial charge in [-0.15, -0.1) is 12.4 Å². The summed E-state index contributed by atoms with van der Waals surface area (Å²) < 4.78 is 33.1. The molecule has 8 heteroatoms. The van der Waals surface area contributed by atoms with Gasteiger partial charge in [0.05, 0.1) is 13.2 Å². The zero-order valence-corrected chi connectivity index (χ0v) is 11.7. The van der Waals surface area contributed by atoms with E-state index in [9.17, 15) is 13.6 Å². The van der Waals surface area contributed by atoms with Crippen LogP contribution in [0.4, 0.5) is 14.5 Å². The summed E-state index contributed by atoms with van der Waals surface area (Å²) in [4.78, 5) is 11.5. The van der Waals surface area contributed by atoms with E-state index in [1.807, 2.05) is 0 Å². The molecule has 0 spiro atoms. The van der Waals surface area contributed by atoms with Gasteiger partial charge in [-0.05, 0) is 12.1 Å². The number of benzene rings is 1. The van der Waals surface area contributed by atoms with Crippen LogP contribution in [-0.2, 0) is 9.53 Å². The molecule has 1 aromatic rings. The van der Waals surface area contributed by atoms with E-state index in [0.717, 1.165) is 0 Å². The molecule has 2 N–H and O–H groups in total. The molecule has 0 atom stereocenters. The van der Waals surface area contributed by atoms with Crippen LogP contribution in [0.2, 0.25) is 0 Å². The average molecular weight is 311 g/mol. The van der Waals surface area contributed by atoms with Crippen molar-refractivity contribution in [1.29, 1.82) is 0 Å². The summed E-state index contributed by atoms with van der Waals surface area (Å²) in [5.41, 5.74) is 0.400. The second kappa shape index (κ2) is 10.4. The molecule has 0 aliphatic carbocycles. The Kier molecular flexibility index (Phi) is 9.61. The molecule has 1 amide bonds. The first-order valence-corrected chi connectivity index (χ1v) is 5.66. The second-order valence-electron chi connectivity index (χ2n) is 3.62. The van der Waals surface area contributed by atoms with Crippen molar-refractivity contribution >= 4 is 24.0 Å². The molecule has 0 aliphatic heterocycles. The molecule has 1 rings (SSSR count). The van der Waals surface area contributed by atoms with E-state index < -0.39 is 6.61 Å². The molecular weight excluding hydrogens is 294 g/mol. The van der Waals surface area contributed by atoms with Gasteiger partial charge < -0.3 is 20.1 Å². The van der Waals surface area contributed by atoms with Crippen molar-refractivity contribution in [3.05, 3.63) is 24.3 Å². The largest absolute Gasteiger partial charge is 0.435 e. The molecule has 0 aliphatic rings. The minimum Gasteiger partial charge on any atom is -0.435 e. The van der Waals surface area contributed by atoms with Crippen LogP contribution in [0.1, 0.15) is 0 Å². The highest BCUT2D eigenvalue weighted by Crippen LogP contribution is 2.19. The van der Waals surface area contributed by atoms with Crippen molar-refractivity contribution in [2.45, 2.75) is 6.61 Å². The van der Waals surface area contributed by atoms with E-state index in [4.69, 9.17) is 4.74 Å². The normalized spacial score (nSPS) is 10.0. The van der Waals surface area contributed by atoms with Gasteiger partial charge in [-0.3, -0.25) is 4.79 Å². The third kappa shape index (κ3) is 7.88. The Bertz CT molecular complexity index is 408. The van der Waals surface area contributed by atoms with Crippen molar-refractivity contribution in [3.8, 4) is 5.75 Å². The molecule has 0 heterocycles. The Balaban J connectivity index is 0.00000361. The maximum absolute atomic E-state index is 12.0. The molecule has 114 valence electrons. The highest BCUT2D eigenvalue weighted by Gasteiger charge is 2.06. The Morgan fingerprint density at radius 2 is 2.15 bits per heavy atom. The van der Waals surface area contributed by atoms with Gasteiger partial charge in [0.15, 0.2) is 0 Å². The lowest BCUT2D eigenvalue weighted by Crippen LogP contribution is -2.30. The van der Waals surface area contributed by atoms with Crippen LogP contribution in [0.15, 0.2) is 24.3 Å². The van der Waals surface area contributed by atoms with E-state index in [-0.39, 0.29) is 30.6 Å². The summed E-state index contributed by atoms with van der Waals surface area (Å²) in [6, 6.07) is 5.83. The highest BCUT2D eigenvalue weighted by atomic mass is 35.5. The van der Waals surface area contributed by atoms with E-state index in [1.54, 1.807) is 13.2 Å². The molecule has 0 saturated heterocycles. The predicted octanol–water partition coefficient (Wildman–Crippen LogP) is 1.88. The summed E-state index contributed by atoms with van der Waals surface area (Å²) in [5, 5.41) is 5.43. The number of amides is 1. The topological polar surface area (TPSA) is 59.6 Å². The van der Waals surface area contributed by atoms with Crippen molar-refractivity contribution < 1.29 is 23.0 Å². The molecule has 1 aromatic carbocycles. The van der Waals surface area contributed by atoms with Crippen LogP contribution >= 0.6 is 12.4 Å². The number of hydrogen-bond acceptors (Lipinski definition) is 4. The fraction of sp³-hybridized carbons (Fsp3) is 0.417. The van der Waals surface area contributed by atoms with Crippen LogP contribution in [-0.4, -0.2) is 39.3 Å². The molecule has 0 radical (unpaired) electrons. The Morgan fingerprint density at radius 3 is 2.80 bits per heavy atom. The first-order chi connectivity index (χ1) is 9.11. The Hall–Kier alpha value is -1.44. The van der Waals surface area contributed by atoms with Crippen LogP contribution in [0.5, 0.6) is 5.75 Å². The van der Waals surface area contributed by atoms with Gasteiger partial charge in [0.1, 0.15) is 5.75 Å². The van der Waals surface area contributed by atoms with Gasteiger partial charge in [-0.2, -0.15) is 8.78 Å². The maximum Gasteiger partial charge on any atom is 0.387 e. The summed E-state index contributed by atoms with van der Waals surface area (Å²) in [6.45, 7) is -1.71. The van der Waals surface area contributed by atoms with Gasteiger partial charge >= 0.3 is 6.61 Å². The number of methoxy groups -OCH3 is 1. The first kappa shape index (κ1) is 18.6. The summed E-state index contributed by atoms with van der Waals surface area (Å²) >= 11 is 0. The molecule has 5 nitrogen and oxygen atoms in total. The zero-order chi connectivity index (χ0) is 14.1. The van der Waals surface area contributed by atoms with Crippen molar-refractivity contribution in [2.24, 2.45) is 0 Å². The van der Waals surface area contributed by atoms with Crippen molar-refractivity contribution in [1.82, 2.24) is 5.32 Å². The van der Waals surface area contributed by atoms with Crippen LogP contribution in [0.3, 0.4) is 0 Å². The number of hydrogen-bond donors (Lipinski definition) is 2. The van der Waals surface area contributed by atoms with E-state index in [0.29, 0.717) is 18.8 Å². The van der Waals surface area contributed by atoms with Crippen LogP contribution in [0.25, 0.3) is 0 Å². The second-order valence-corrected chi connectivity index (χ2v) is 3.62. The number of nitrogens with one attached hydrogen (secondary N) is 2. The van der Waals surface area contributed by atoms with Crippen molar-refractivity contribution in [2.75, 3.05) is 32.1 Å². The highest BCUT2D eigenvalue weighted by molar-refractivity contribution is 5.92. The Labute approximate surface area is 122 Å². The van der Waals surface area contributed by atoms with E-state index in [1.165, 1.54) is 18.2 Å². The molecular formula is C12H17ClF2N2O3. The maximum atomic E-state index is 12.0. The SMILES string of the molecule is COCCNCC(=O)Nc1cccc(OC(F)F)c1.Cl. The minimum absolute atomic E-state index is 0. The number of rotatable bonds is 8. The predicted molar refractivity (Wildman–Crippen MR) is 73.7 cm³/mol. The average Bonchev–Trinajstić information content (AvgIpc) is 2.34. The number of halogens is 3. The number of carbonyl (C=O) groups excluding carboxylic acids is 1. The lowest BCUT2D eigenvalue weighted by molar-refractivity contribution is -0.115. The minimum atomic E-state index is -2.89. The number of carbonyl (C=O) groups is 1. The fourth-order valence-electron chi connectivity index (χ4n) is 1.33. The number of ether oxygens (including phenoxy) is 2. The molecule has 0 saturated carbocycles. The Morgan fingerprint density at radius 1 is 1.40 bits per heavy atom. The van der Waals surface area contributed by atoms with Crippen LogP contribution < -0.4 is 15.4 Å². The fourth-order valence-corrected chi connectivity index (χ4v) is 1.33. The van der Waals surface area contributed by atoms with Gasteiger partial charge in [0, 0.05) is 25.4 Å². The zero-order valence-electron chi connectivity index (χ0n) is 10.9. The quantitative estimate of drug-likeness (QED) is 0.720. The summed E-state index contributed by atoms with van der Waals surface area (Å²) in [6.07, 6.45) is 0. The molecule has 20 heavy (non-hydrogen) atoms. The molecule has 0 unspecified atom stereocenters. The van der Waals surface area contributed by atoms with Gasteiger partial charge in [-0.25, -0.2) is 0 Å². The lowest BCUT2D eigenvalue weighted by atomic mass is 10.3. The van der Waals surface area contributed by atoms with Gasteiger partial charge in [0.25, 0.3) is 0 Å². The van der Waals surface area contributed by atoms with Gasteiger partial charge in [-0.1, -0.05) is 6.07 Å². The number of anilines is 1. The standard InChI is InChI=1S/C12H16F2N2O3.ClH/c1-18-6-5-15-8-11(17)16-9-3-2-4-10(7-9)19-12(13)14;/h2-4,7,12,15H,5-6,8H2,1H3,(H,16,17);1H. The lowest BCUT2D eigenvalue weighted by Gasteiger charge is -2.09. The van der Waals surface area contributed by atoms with Gasteiger partial charge in [0.2, 0.25) is 5.91 Å². The van der Waals surface area contributed by atoms with E-state index >= 15 is 0 Å². The van der Waals surface area contributed by atoms with Crippen molar-refractivity contribution in [3.63, 3.8) is 0 Å². The molecule has 0 aromatic heterocycles. The monoisotopic (exact) mass is 310 g/mol. The third-order valence-corrected chi connectivity index (χ3v) is 2.11. The third-order valence-electron chi connectivity index (χ3n) is 2.11. The summed E-state index contributed by atoms with van der Waals surface area (Å²) in [5.74, 6) is -0.273.